The van der Waals surface area contributed by atoms with Crippen LogP contribution < -0.4 is 14.8 Å². The van der Waals surface area contributed by atoms with E-state index in [1.54, 1.807) is 24.2 Å². The number of aromatic nitrogens is 3. The van der Waals surface area contributed by atoms with Gasteiger partial charge in [0.25, 0.3) is 0 Å². The van der Waals surface area contributed by atoms with Crippen LogP contribution in [0.4, 0.5) is 0 Å². The van der Waals surface area contributed by atoms with Crippen molar-refractivity contribution in [1.82, 2.24) is 20.3 Å². The Morgan fingerprint density at radius 1 is 1.52 bits per heavy atom. The fourth-order valence-electron chi connectivity index (χ4n) is 2.67. The molecule has 1 aliphatic rings. The molecule has 7 nitrogen and oxygen atoms in total. The van der Waals surface area contributed by atoms with Crippen molar-refractivity contribution < 1.29 is 14.3 Å². The summed E-state index contributed by atoms with van der Waals surface area (Å²) in [5.74, 6) is 1.33. The molecule has 1 aliphatic heterocycles. The maximum Gasteiger partial charge on any atom is 0.226 e. The Balaban J connectivity index is 1.49. The van der Waals surface area contributed by atoms with Crippen molar-refractivity contribution in [3.8, 4) is 11.5 Å². The van der Waals surface area contributed by atoms with Gasteiger partial charge in [-0.1, -0.05) is 17.3 Å². The molecule has 3 rings (SSSR count). The molecule has 0 fully saturated rings. The average molecular weight is 316 g/mol. The first kappa shape index (κ1) is 15.3. The highest BCUT2D eigenvalue weighted by molar-refractivity contribution is 5.79. The number of hydrogen-bond acceptors (Lipinski definition) is 5. The van der Waals surface area contributed by atoms with Crippen LogP contribution in [0.2, 0.25) is 0 Å². The van der Waals surface area contributed by atoms with Crippen LogP contribution in [0, 0.1) is 5.92 Å². The highest BCUT2D eigenvalue weighted by atomic mass is 16.5. The van der Waals surface area contributed by atoms with Gasteiger partial charge in [-0.2, -0.15) is 0 Å². The number of para-hydroxylation sites is 1. The van der Waals surface area contributed by atoms with E-state index in [-0.39, 0.29) is 11.8 Å². The van der Waals surface area contributed by atoms with Gasteiger partial charge in [0.2, 0.25) is 5.91 Å². The smallest absolute Gasteiger partial charge is 0.226 e. The Morgan fingerprint density at radius 2 is 2.43 bits per heavy atom. The van der Waals surface area contributed by atoms with Crippen LogP contribution in [-0.4, -0.2) is 41.2 Å². The Hall–Kier alpha value is -2.57. The number of aryl methyl sites for hydroxylation is 1. The van der Waals surface area contributed by atoms with E-state index in [1.807, 2.05) is 18.2 Å². The van der Waals surface area contributed by atoms with Crippen molar-refractivity contribution in [3.63, 3.8) is 0 Å². The SMILES string of the molecule is COc1cccc2c1OC[C@@H](C(=O)NCCCn1ccnn1)C2. The number of fused-ring (bicyclic) bond motifs is 1. The van der Waals surface area contributed by atoms with E-state index >= 15 is 0 Å². The molecule has 2 aromatic rings. The number of nitrogens with zero attached hydrogens (tertiary/aromatic N) is 3. The van der Waals surface area contributed by atoms with Gasteiger partial charge in [0.15, 0.2) is 11.5 Å². The molecule has 1 N–H and O–H groups in total. The van der Waals surface area contributed by atoms with Crippen LogP contribution in [0.15, 0.2) is 30.6 Å². The molecule has 1 aromatic carbocycles. The van der Waals surface area contributed by atoms with Crippen molar-refractivity contribution >= 4 is 5.91 Å². The molecule has 0 unspecified atom stereocenters. The maximum atomic E-state index is 12.3. The van der Waals surface area contributed by atoms with E-state index in [9.17, 15) is 4.79 Å². The van der Waals surface area contributed by atoms with E-state index in [4.69, 9.17) is 9.47 Å². The minimum atomic E-state index is -0.166. The normalized spacial score (nSPS) is 16.3. The Bertz CT molecular complexity index is 657. The highest BCUT2D eigenvalue weighted by Crippen LogP contribution is 2.35. The summed E-state index contributed by atoms with van der Waals surface area (Å²) in [4.78, 5) is 12.3. The first-order valence-electron chi connectivity index (χ1n) is 7.68. The van der Waals surface area contributed by atoms with Gasteiger partial charge in [0, 0.05) is 19.3 Å². The van der Waals surface area contributed by atoms with Crippen molar-refractivity contribution in [2.75, 3.05) is 20.3 Å². The zero-order chi connectivity index (χ0) is 16.1. The van der Waals surface area contributed by atoms with Gasteiger partial charge in [-0.05, 0) is 24.5 Å². The second kappa shape index (κ2) is 7.13. The lowest BCUT2D eigenvalue weighted by atomic mass is 9.95. The summed E-state index contributed by atoms with van der Waals surface area (Å²) in [5, 5.41) is 10.6. The first-order chi connectivity index (χ1) is 11.3. The number of hydrogen-bond donors (Lipinski definition) is 1. The molecular formula is C16H20N4O3. The molecule has 23 heavy (non-hydrogen) atoms. The number of carbonyl (C=O) groups excluding carboxylic acids is 1. The number of nitrogens with one attached hydrogen (secondary N) is 1. The lowest BCUT2D eigenvalue weighted by Gasteiger charge is -2.25. The van der Waals surface area contributed by atoms with Gasteiger partial charge in [0.05, 0.1) is 19.2 Å². The fraction of sp³-hybridized carbons (Fsp3) is 0.438. The minimum absolute atomic E-state index is 0.0251. The summed E-state index contributed by atoms with van der Waals surface area (Å²) in [7, 11) is 1.62. The Morgan fingerprint density at radius 3 is 3.22 bits per heavy atom. The average Bonchev–Trinajstić information content (AvgIpc) is 3.10. The molecule has 0 bridgehead atoms. The zero-order valence-corrected chi connectivity index (χ0v) is 13.1. The van der Waals surface area contributed by atoms with Crippen LogP contribution in [0.1, 0.15) is 12.0 Å². The summed E-state index contributed by atoms with van der Waals surface area (Å²) in [6.45, 7) is 1.73. The molecule has 1 atom stereocenters. The number of ether oxygens (including phenoxy) is 2. The summed E-state index contributed by atoms with van der Waals surface area (Å²) in [6, 6.07) is 5.75. The van der Waals surface area contributed by atoms with Gasteiger partial charge in [-0.15, -0.1) is 5.10 Å². The fourth-order valence-corrected chi connectivity index (χ4v) is 2.67. The van der Waals surface area contributed by atoms with Crippen molar-refractivity contribution in [2.45, 2.75) is 19.4 Å². The Kier molecular flexibility index (Phi) is 4.75. The zero-order valence-electron chi connectivity index (χ0n) is 13.1. The molecule has 122 valence electrons. The van der Waals surface area contributed by atoms with Gasteiger partial charge >= 0.3 is 0 Å². The van der Waals surface area contributed by atoms with Crippen LogP contribution in [-0.2, 0) is 17.8 Å². The van der Waals surface area contributed by atoms with E-state index in [2.05, 4.69) is 15.6 Å². The summed E-state index contributed by atoms with van der Waals surface area (Å²) >= 11 is 0. The quantitative estimate of drug-likeness (QED) is 0.806. The lowest BCUT2D eigenvalue weighted by molar-refractivity contribution is -0.126. The number of benzene rings is 1. The third-order valence-electron chi connectivity index (χ3n) is 3.88. The molecule has 0 saturated carbocycles. The van der Waals surface area contributed by atoms with Crippen molar-refractivity contribution in [2.24, 2.45) is 5.92 Å². The highest BCUT2D eigenvalue weighted by Gasteiger charge is 2.27. The van der Waals surface area contributed by atoms with E-state index in [1.165, 1.54) is 0 Å². The number of rotatable bonds is 6. The Labute approximate surface area is 134 Å². The molecule has 1 amide bonds. The summed E-state index contributed by atoms with van der Waals surface area (Å²) in [5.41, 5.74) is 1.01. The van der Waals surface area contributed by atoms with Crippen LogP contribution in [0.5, 0.6) is 11.5 Å². The largest absolute Gasteiger partial charge is 0.493 e. The number of carbonyl (C=O) groups is 1. The molecule has 0 aliphatic carbocycles. The molecule has 7 heteroatoms. The molecule has 0 radical (unpaired) electrons. The van der Waals surface area contributed by atoms with Gasteiger partial charge in [-0.25, -0.2) is 0 Å². The molecule has 1 aromatic heterocycles. The van der Waals surface area contributed by atoms with Crippen LogP contribution in [0.3, 0.4) is 0 Å². The van der Waals surface area contributed by atoms with Crippen molar-refractivity contribution in [1.29, 1.82) is 0 Å². The van der Waals surface area contributed by atoms with Crippen LogP contribution in [0.25, 0.3) is 0 Å². The third kappa shape index (κ3) is 3.61. The lowest BCUT2D eigenvalue weighted by Crippen LogP contribution is -2.38. The minimum Gasteiger partial charge on any atom is -0.493 e. The van der Waals surface area contributed by atoms with E-state index in [0.717, 1.165) is 24.3 Å². The predicted octanol–water partition coefficient (Wildman–Crippen LogP) is 1.04. The summed E-state index contributed by atoms with van der Waals surface area (Å²) < 4.78 is 12.8. The molecular weight excluding hydrogens is 296 g/mol. The molecule has 0 spiro atoms. The molecule has 0 saturated heterocycles. The molecule has 2 heterocycles. The standard InChI is InChI=1S/C16H20N4O3/c1-22-14-5-2-4-12-10-13(11-23-15(12)14)16(21)17-6-3-8-20-9-7-18-19-20/h2,4-5,7,9,13H,3,6,8,10-11H2,1H3,(H,17,21)/t13-/m0/s1. The van der Waals surface area contributed by atoms with Gasteiger partial charge < -0.3 is 14.8 Å². The van der Waals surface area contributed by atoms with Gasteiger partial charge in [-0.3, -0.25) is 9.48 Å². The first-order valence-corrected chi connectivity index (χ1v) is 7.68. The second-order valence-corrected chi connectivity index (χ2v) is 5.47. The number of methoxy groups -OCH3 is 1. The summed E-state index contributed by atoms with van der Waals surface area (Å²) in [6.07, 6.45) is 4.93. The third-order valence-corrected chi connectivity index (χ3v) is 3.88. The van der Waals surface area contributed by atoms with Gasteiger partial charge in [0.1, 0.15) is 6.61 Å². The topological polar surface area (TPSA) is 78.3 Å². The second-order valence-electron chi connectivity index (χ2n) is 5.47. The van der Waals surface area contributed by atoms with E-state index in [0.29, 0.717) is 25.3 Å². The predicted molar refractivity (Wildman–Crippen MR) is 83.3 cm³/mol. The maximum absolute atomic E-state index is 12.3. The monoisotopic (exact) mass is 316 g/mol. The number of amides is 1. The van der Waals surface area contributed by atoms with Crippen LogP contribution >= 0.6 is 0 Å². The van der Waals surface area contributed by atoms with Crippen molar-refractivity contribution in [3.05, 3.63) is 36.2 Å². The van der Waals surface area contributed by atoms with E-state index < -0.39 is 0 Å².